The topological polar surface area (TPSA) is 78.9 Å². The molecule has 4 fully saturated rings. The Hall–Kier alpha value is -2.05. The van der Waals surface area contributed by atoms with Gasteiger partial charge in [0.05, 0.1) is 23.7 Å². The zero-order chi connectivity index (χ0) is 23.8. The van der Waals surface area contributed by atoms with Crippen LogP contribution in [0.25, 0.3) is 0 Å². The van der Waals surface area contributed by atoms with Crippen molar-refractivity contribution in [3.8, 4) is 0 Å². The first-order valence-corrected chi connectivity index (χ1v) is 12.2. The normalized spacial score (nSPS) is 35.1. The molecule has 3 aliphatic carbocycles. The second-order valence-electron chi connectivity index (χ2n) is 11.9. The largest absolute Gasteiger partial charge is 0.481 e. The molecule has 178 valence electrons. The van der Waals surface area contributed by atoms with Gasteiger partial charge in [-0.15, -0.1) is 0 Å². The van der Waals surface area contributed by atoms with E-state index in [1.807, 2.05) is 19.2 Å². The third kappa shape index (κ3) is 3.48. The number of halogens is 1. The standard InChI is InChI=1S/C26H33ClN2O4/c1-16-9-19-11-29(25-12-24(13-25,14-25)21(30)31)22(32)28-26(19,15-33-16)18-6-5-17(20(27)10-18)7-8-23(2,3)4/h5-6,10-11,16H,7-9,12-15H2,1-4H3,(H,28,32)(H,30,31)/t16-,24?,25?,26?/m1/s1. The number of amides is 2. The lowest BCUT2D eigenvalue weighted by molar-refractivity contribution is -0.216. The molecule has 3 saturated carbocycles. The summed E-state index contributed by atoms with van der Waals surface area (Å²) in [7, 11) is 0. The summed E-state index contributed by atoms with van der Waals surface area (Å²) in [5.41, 5.74) is 1.61. The molecule has 2 atom stereocenters. The molecule has 6 rings (SSSR count). The quantitative estimate of drug-likeness (QED) is 0.614. The maximum absolute atomic E-state index is 13.3. The van der Waals surface area contributed by atoms with Crippen molar-refractivity contribution in [1.29, 1.82) is 0 Å². The van der Waals surface area contributed by atoms with E-state index in [1.165, 1.54) is 0 Å². The first-order chi connectivity index (χ1) is 15.4. The van der Waals surface area contributed by atoms with Crippen molar-refractivity contribution in [2.24, 2.45) is 10.8 Å². The molecule has 2 bridgehead atoms. The summed E-state index contributed by atoms with van der Waals surface area (Å²) in [6.07, 6.45) is 6.24. The van der Waals surface area contributed by atoms with Crippen molar-refractivity contribution in [3.05, 3.63) is 46.1 Å². The van der Waals surface area contributed by atoms with Gasteiger partial charge in [0.1, 0.15) is 5.54 Å². The Kier molecular flexibility index (Phi) is 4.97. The number of urea groups is 1. The van der Waals surface area contributed by atoms with E-state index in [2.05, 4.69) is 38.2 Å². The van der Waals surface area contributed by atoms with Crippen LogP contribution in [-0.2, 0) is 21.5 Å². The summed E-state index contributed by atoms with van der Waals surface area (Å²) in [6.45, 7) is 9.05. The van der Waals surface area contributed by atoms with Gasteiger partial charge >= 0.3 is 12.0 Å². The van der Waals surface area contributed by atoms with E-state index in [0.29, 0.717) is 37.3 Å². The Bertz CT molecular complexity index is 1040. The van der Waals surface area contributed by atoms with E-state index in [9.17, 15) is 14.7 Å². The Morgan fingerprint density at radius 3 is 2.61 bits per heavy atom. The molecular weight excluding hydrogens is 440 g/mol. The van der Waals surface area contributed by atoms with Crippen LogP contribution < -0.4 is 5.32 Å². The van der Waals surface area contributed by atoms with Crippen molar-refractivity contribution >= 4 is 23.6 Å². The minimum Gasteiger partial charge on any atom is -0.481 e. The van der Waals surface area contributed by atoms with Crippen LogP contribution in [0.5, 0.6) is 0 Å². The lowest BCUT2D eigenvalue weighted by atomic mass is 9.38. The molecule has 0 spiro atoms. The van der Waals surface area contributed by atoms with Crippen molar-refractivity contribution < 1.29 is 19.4 Å². The highest BCUT2D eigenvalue weighted by atomic mass is 35.5. The SMILES string of the molecule is C[C@@H]1CC2=CN(C34CC(C(=O)O)(C3)C4)C(=O)NC2(c2ccc(CCC(C)(C)C)c(Cl)c2)CO1. The number of nitrogens with one attached hydrogen (secondary N) is 1. The van der Waals surface area contributed by atoms with E-state index in [0.717, 1.165) is 29.5 Å². The molecule has 1 aromatic carbocycles. The van der Waals surface area contributed by atoms with Gasteiger partial charge in [-0.05, 0) is 73.6 Å². The summed E-state index contributed by atoms with van der Waals surface area (Å²) in [4.78, 5) is 26.7. The highest BCUT2D eigenvalue weighted by Gasteiger charge is 2.75. The summed E-state index contributed by atoms with van der Waals surface area (Å²) in [5, 5.41) is 13.5. The number of hydrogen-bond acceptors (Lipinski definition) is 3. The number of benzene rings is 1. The van der Waals surface area contributed by atoms with Crippen LogP contribution in [0, 0.1) is 10.8 Å². The van der Waals surface area contributed by atoms with Gasteiger partial charge in [0.15, 0.2) is 0 Å². The van der Waals surface area contributed by atoms with Crippen LogP contribution in [0.4, 0.5) is 4.79 Å². The van der Waals surface area contributed by atoms with Gasteiger partial charge in [-0.3, -0.25) is 9.69 Å². The molecule has 2 aliphatic heterocycles. The minimum absolute atomic E-state index is 0.0427. The summed E-state index contributed by atoms with van der Waals surface area (Å²) < 4.78 is 6.04. The molecular formula is C26H33ClN2O4. The van der Waals surface area contributed by atoms with Crippen molar-refractivity contribution in [2.75, 3.05) is 6.61 Å². The van der Waals surface area contributed by atoms with Crippen LogP contribution in [-0.4, -0.2) is 40.3 Å². The van der Waals surface area contributed by atoms with Crippen LogP contribution in [0.2, 0.25) is 5.02 Å². The van der Waals surface area contributed by atoms with Crippen molar-refractivity contribution in [3.63, 3.8) is 0 Å². The zero-order valence-electron chi connectivity index (χ0n) is 19.8. The fraction of sp³-hybridized carbons (Fsp3) is 0.615. The first-order valence-electron chi connectivity index (χ1n) is 11.8. The smallest absolute Gasteiger partial charge is 0.322 e. The van der Waals surface area contributed by atoms with E-state index < -0.39 is 16.9 Å². The number of hydrogen-bond donors (Lipinski definition) is 2. The number of carboxylic acid groups (broad SMARTS) is 1. The van der Waals surface area contributed by atoms with Crippen LogP contribution in [0.15, 0.2) is 30.0 Å². The molecule has 2 heterocycles. The van der Waals surface area contributed by atoms with Gasteiger partial charge in [0, 0.05) is 11.2 Å². The molecule has 2 amide bonds. The van der Waals surface area contributed by atoms with E-state index >= 15 is 0 Å². The van der Waals surface area contributed by atoms with Crippen molar-refractivity contribution in [1.82, 2.24) is 10.2 Å². The van der Waals surface area contributed by atoms with Crippen LogP contribution in [0.3, 0.4) is 0 Å². The third-order valence-electron chi connectivity index (χ3n) is 8.12. The molecule has 1 unspecified atom stereocenters. The number of carboxylic acids is 1. The minimum atomic E-state index is -0.750. The highest BCUT2D eigenvalue weighted by molar-refractivity contribution is 6.31. The lowest BCUT2D eigenvalue weighted by Crippen LogP contribution is -2.79. The second-order valence-corrected chi connectivity index (χ2v) is 12.3. The number of aryl methyl sites for hydroxylation is 1. The molecule has 1 aromatic rings. The number of fused-ring (bicyclic) bond motifs is 1. The lowest BCUT2D eigenvalue weighted by Gasteiger charge is -2.71. The third-order valence-corrected chi connectivity index (χ3v) is 8.47. The molecule has 33 heavy (non-hydrogen) atoms. The number of ether oxygens (including phenoxy) is 1. The molecule has 0 aromatic heterocycles. The Morgan fingerprint density at radius 1 is 1.30 bits per heavy atom. The molecule has 7 heteroatoms. The fourth-order valence-electron chi connectivity index (χ4n) is 6.07. The maximum Gasteiger partial charge on any atom is 0.322 e. The Morgan fingerprint density at radius 2 is 2.00 bits per heavy atom. The molecule has 6 nitrogen and oxygen atoms in total. The fourth-order valence-corrected chi connectivity index (χ4v) is 6.35. The van der Waals surface area contributed by atoms with Crippen LogP contribution in [0.1, 0.15) is 70.9 Å². The average Bonchev–Trinajstić information content (AvgIpc) is 2.64. The maximum atomic E-state index is 13.3. The molecule has 5 aliphatic rings. The predicted octanol–water partition coefficient (Wildman–Crippen LogP) is 5.24. The predicted molar refractivity (Wildman–Crippen MR) is 126 cm³/mol. The number of aliphatic carboxylic acids is 1. The van der Waals surface area contributed by atoms with Gasteiger partial charge in [-0.25, -0.2) is 4.79 Å². The molecule has 2 N–H and O–H groups in total. The molecule has 0 radical (unpaired) electrons. The Labute approximate surface area is 200 Å². The number of carbonyl (C=O) groups is 2. The zero-order valence-corrected chi connectivity index (χ0v) is 20.6. The first kappa shape index (κ1) is 22.7. The van der Waals surface area contributed by atoms with E-state index in [4.69, 9.17) is 16.3 Å². The second kappa shape index (κ2) is 7.22. The van der Waals surface area contributed by atoms with Gasteiger partial charge in [-0.1, -0.05) is 44.5 Å². The number of carbonyl (C=O) groups excluding carboxylic acids is 1. The van der Waals surface area contributed by atoms with E-state index in [-0.39, 0.29) is 23.1 Å². The summed E-state index contributed by atoms with van der Waals surface area (Å²) in [6, 6.07) is 5.92. The van der Waals surface area contributed by atoms with Gasteiger partial charge in [0.25, 0.3) is 0 Å². The van der Waals surface area contributed by atoms with Gasteiger partial charge < -0.3 is 15.2 Å². The van der Waals surface area contributed by atoms with Crippen molar-refractivity contribution in [2.45, 2.75) is 83.4 Å². The number of rotatable bonds is 5. The summed E-state index contributed by atoms with van der Waals surface area (Å²) in [5.74, 6) is -0.746. The van der Waals surface area contributed by atoms with Gasteiger partial charge in [0.2, 0.25) is 0 Å². The van der Waals surface area contributed by atoms with E-state index in [1.54, 1.807) is 4.90 Å². The summed E-state index contributed by atoms with van der Waals surface area (Å²) >= 11 is 6.72. The van der Waals surface area contributed by atoms with Crippen LogP contribution >= 0.6 is 11.6 Å². The monoisotopic (exact) mass is 472 g/mol. The van der Waals surface area contributed by atoms with Gasteiger partial charge in [-0.2, -0.15) is 0 Å². The molecule has 1 saturated heterocycles. The Balaban J connectivity index is 1.45. The number of nitrogens with zero attached hydrogens (tertiary/aromatic N) is 1. The average molecular weight is 473 g/mol. The highest BCUT2D eigenvalue weighted by Crippen LogP contribution is 2.70.